The van der Waals surface area contributed by atoms with Gasteiger partial charge in [-0.3, -0.25) is 4.79 Å². The number of halogens is 1. The molecular weight excluding hydrogens is 243 g/mol. The number of carbonyl (C=O) groups is 1. The fourth-order valence-electron chi connectivity index (χ4n) is 2.75. The lowest BCUT2D eigenvalue weighted by Crippen LogP contribution is -2.40. The van der Waals surface area contributed by atoms with E-state index in [0.717, 1.165) is 31.2 Å². The van der Waals surface area contributed by atoms with Gasteiger partial charge in [0.25, 0.3) is 5.91 Å². The molecule has 4 heteroatoms. The summed E-state index contributed by atoms with van der Waals surface area (Å²) in [5.74, 6) is -0.822. The molecule has 3 nitrogen and oxygen atoms in total. The topological polar surface area (TPSA) is 55.1 Å². The fraction of sp³-hybridized carbons (Fsp3) is 0.533. The zero-order valence-electron chi connectivity index (χ0n) is 11.3. The Labute approximate surface area is 113 Å². The first kappa shape index (κ1) is 14.0. The minimum atomic E-state index is -0.476. The molecule has 19 heavy (non-hydrogen) atoms. The quantitative estimate of drug-likeness (QED) is 0.877. The molecule has 0 radical (unpaired) electrons. The summed E-state index contributed by atoms with van der Waals surface area (Å²) in [6, 6.07) is 4.57. The number of nitrogens with two attached hydrogens (primary N) is 1. The summed E-state index contributed by atoms with van der Waals surface area (Å²) in [7, 11) is 0. The highest BCUT2D eigenvalue weighted by atomic mass is 19.1. The third kappa shape index (κ3) is 3.13. The molecule has 0 atom stereocenters. The minimum absolute atomic E-state index is 0.00988. The van der Waals surface area contributed by atoms with Crippen LogP contribution in [-0.2, 0) is 0 Å². The smallest absolute Gasteiger partial charge is 0.254 e. The lowest BCUT2D eigenvalue weighted by molar-refractivity contribution is 0.0928. The number of carbonyl (C=O) groups excluding carboxylic acids is 1. The first-order chi connectivity index (χ1) is 9.06. The van der Waals surface area contributed by atoms with E-state index in [1.165, 1.54) is 6.07 Å². The van der Waals surface area contributed by atoms with E-state index in [4.69, 9.17) is 5.73 Å². The predicted molar refractivity (Wildman–Crippen MR) is 73.4 cm³/mol. The van der Waals surface area contributed by atoms with Crippen LogP contribution >= 0.6 is 0 Å². The monoisotopic (exact) mass is 264 g/mol. The zero-order chi connectivity index (χ0) is 13.9. The van der Waals surface area contributed by atoms with Gasteiger partial charge in [-0.2, -0.15) is 0 Å². The number of rotatable bonds is 4. The van der Waals surface area contributed by atoms with Gasteiger partial charge in [0, 0.05) is 6.54 Å². The van der Waals surface area contributed by atoms with Gasteiger partial charge in [-0.05, 0) is 43.9 Å². The number of hydrogen-bond donors (Lipinski definition) is 2. The highest BCUT2D eigenvalue weighted by Gasteiger charge is 2.32. The van der Waals surface area contributed by atoms with E-state index in [1.54, 1.807) is 12.1 Å². The number of hydrogen-bond acceptors (Lipinski definition) is 2. The molecule has 0 aromatic heterocycles. The lowest BCUT2D eigenvalue weighted by Gasteiger charge is -2.27. The van der Waals surface area contributed by atoms with Crippen molar-refractivity contribution in [2.24, 2.45) is 11.1 Å². The predicted octanol–water partition coefficient (Wildman–Crippen LogP) is 2.38. The van der Waals surface area contributed by atoms with Crippen molar-refractivity contribution in [1.82, 2.24) is 5.32 Å². The van der Waals surface area contributed by atoms with Crippen LogP contribution in [0.3, 0.4) is 0 Å². The SMILES string of the molecule is Cc1ccc(F)c(C(=O)NCC2(CN)CCCC2)c1. The Morgan fingerprint density at radius 3 is 2.74 bits per heavy atom. The summed E-state index contributed by atoms with van der Waals surface area (Å²) in [5, 5.41) is 2.84. The van der Waals surface area contributed by atoms with Crippen molar-refractivity contribution < 1.29 is 9.18 Å². The van der Waals surface area contributed by atoms with E-state index in [0.29, 0.717) is 13.1 Å². The molecular formula is C15H21FN2O. The summed E-state index contributed by atoms with van der Waals surface area (Å²) in [6.07, 6.45) is 4.40. The van der Waals surface area contributed by atoms with Crippen LogP contribution in [0.25, 0.3) is 0 Å². The van der Waals surface area contributed by atoms with Crippen molar-refractivity contribution in [3.63, 3.8) is 0 Å². The number of nitrogens with one attached hydrogen (secondary N) is 1. The minimum Gasteiger partial charge on any atom is -0.351 e. The summed E-state index contributed by atoms with van der Waals surface area (Å²) < 4.78 is 13.6. The van der Waals surface area contributed by atoms with E-state index >= 15 is 0 Å². The Kier molecular flexibility index (Phi) is 4.20. The van der Waals surface area contributed by atoms with Gasteiger partial charge in [0.1, 0.15) is 5.82 Å². The Morgan fingerprint density at radius 1 is 1.42 bits per heavy atom. The Morgan fingerprint density at radius 2 is 2.11 bits per heavy atom. The second kappa shape index (κ2) is 5.70. The lowest BCUT2D eigenvalue weighted by atomic mass is 9.86. The molecule has 1 fully saturated rings. The fourth-order valence-corrected chi connectivity index (χ4v) is 2.75. The molecule has 1 aliphatic rings. The normalized spacial score (nSPS) is 17.4. The largest absolute Gasteiger partial charge is 0.351 e. The molecule has 3 N–H and O–H groups in total. The van der Waals surface area contributed by atoms with Gasteiger partial charge < -0.3 is 11.1 Å². The number of benzene rings is 1. The van der Waals surface area contributed by atoms with Gasteiger partial charge >= 0.3 is 0 Å². The summed E-state index contributed by atoms with van der Waals surface area (Å²) in [6.45, 7) is 2.95. The Hall–Kier alpha value is -1.42. The van der Waals surface area contributed by atoms with Gasteiger partial charge in [-0.1, -0.05) is 24.5 Å². The van der Waals surface area contributed by atoms with Crippen LogP contribution < -0.4 is 11.1 Å². The molecule has 0 aliphatic heterocycles. The highest BCUT2D eigenvalue weighted by Crippen LogP contribution is 2.36. The molecule has 1 amide bonds. The van der Waals surface area contributed by atoms with Gasteiger partial charge in [-0.15, -0.1) is 0 Å². The Balaban J connectivity index is 2.03. The summed E-state index contributed by atoms with van der Waals surface area (Å²) >= 11 is 0. The van der Waals surface area contributed by atoms with Crippen LogP contribution in [0.15, 0.2) is 18.2 Å². The van der Waals surface area contributed by atoms with Crippen molar-refractivity contribution in [2.45, 2.75) is 32.6 Å². The van der Waals surface area contributed by atoms with E-state index in [9.17, 15) is 9.18 Å². The molecule has 2 rings (SSSR count). The third-order valence-electron chi connectivity index (χ3n) is 4.09. The maximum atomic E-state index is 13.6. The summed E-state index contributed by atoms with van der Waals surface area (Å²) in [4.78, 5) is 12.0. The third-order valence-corrected chi connectivity index (χ3v) is 4.09. The Bertz CT molecular complexity index is 467. The average molecular weight is 264 g/mol. The molecule has 1 aromatic rings. The van der Waals surface area contributed by atoms with Gasteiger partial charge in [0.15, 0.2) is 0 Å². The van der Waals surface area contributed by atoms with E-state index in [-0.39, 0.29) is 16.9 Å². The molecule has 0 spiro atoms. The molecule has 0 unspecified atom stereocenters. The molecule has 0 saturated heterocycles. The van der Waals surface area contributed by atoms with Gasteiger partial charge in [-0.25, -0.2) is 4.39 Å². The van der Waals surface area contributed by atoms with Crippen LogP contribution in [0, 0.1) is 18.2 Å². The molecule has 1 saturated carbocycles. The van der Waals surface area contributed by atoms with E-state index in [1.807, 2.05) is 6.92 Å². The molecule has 0 bridgehead atoms. The van der Waals surface area contributed by atoms with Crippen LogP contribution in [-0.4, -0.2) is 19.0 Å². The van der Waals surface area contributed by atoms with Gasteiger partial charge in [0.05, 0.1) is 5.56 Å². The highest BCUT2D eigenvalue weighted by molar-refractivity contribution is 5.94. The zero-order valence-corrected chi connectivity index (χ0v) is 11.3. The second-order valence-corrected chi connectivity index (χ2v) is 5.58. The van der Waals surface area contributed by atoms with Crippen LogP contribution in [0.4, 0.5) is 4.39 Å². The maximum absolute atomic E-state index is 13.6. The molecule has 0 heterocycles. The first-order valence-corrected chi connectivity index (χ1v) is 6.81. The van der Waals surface area contributed by atoms with Gasteiger partial charge in [0.2, 0.25) is 0 Å². The van der Waals surface area contributed by atoms with Crippen molar-refractivity contribution in [2.75, 3.05) is 13.1 Å². The van der Waals surface area contributed by atoms with Crippen LogP contribution in [0.2, 0.25) is 0 Å². The average Bonchev–Trinajstić information content (AvgIpc) is 2.88. The van der Waals surface area contributed by atoms with E-state index < -0.39 is 5.82 Å². The standard InChI is InChI=1S/C15H21FN2O/c1-11-4-5-13(16)12(8-11)14(19)18-10-15(9-17)6-2-3-7-15/h4-5,8H,2-3,6-7,9-10,17H2,1H3,(H,18,19). The van der Waals surface area contributed by atoms with Crippen molar-refractivity contribution in [3.05, 3.63) is 35.1 Å². The summed E-state index contributed by atoms with van der Waals surface area (Å²) in [5.41, 5.74) is 6.82. The number of amides is 1. The second-order valence-electron chi connectivity index (χ2n) is 5.58. The van der Waals surface area contributed by atoms with E-state index in [2.05, 4.69) is 5.32 Å². The van der Waals surface area contributed by atoms with Crippen LogP contribution in [0.5, 0.6) is 0 Å². The molecule has 1 aliphatic carbocycles. The van der Waals surface area contributed by atoms with Crippen LogP contribution in [0.1, 0.15) is 41.6 Å². The maximum Gasteiger partial charge on any atom is 0.254 e. The first-order valence-electron chi connectivity index (χ1n) is 6.81. The number of aryl methyl sites for hydroxylation is 1. The molecule has 104 valence electrons. The molecule has 1 aromatic carbocycles. The van der Waals surface area contributed by atoms with Crippen molar-refractivity contribution in [3.8, 4) is 0 Å². The van der Waals surface area contributed by atoms with Crippen molar-refractivity contribution >= 4 is 5.91 Å². The van der Waals surface area contributed by atoms with Crippen molar-refractivity contribution in [1.29, 1.82) is 0 Å².